The number of aromatic nitrogens is 2. The fourth-order valence-electron chi connectivity index (χ4n) is 4.60. The number of carbonyl (C=O) groups excluding carboxylic acids is 2. The number of anilines is 2. The van der Waals surface area contributed by atoms with Crippen molar-refractivity contribution in [1.29, 1.82) is 0 Å². The Balaban J connectivity index is 0.00000228. The average Bonchev–Trinajstić information content (AvgIpc) is 3.39. The number of fused-ring (bicyclic) bond motifs is 1. The molecule has 1 aromatic rings. The van der Waals surface area contributed by atoms with Gasteiger partial charge in [-0.15, -0.1) is 0 Å². The number of hydrogen-bond acceptors (Lipinski definition) is 8. The maximum Gasteiger partial charge on any atom is 0.415 e. The van der Waals surface area contributed by atoms with Crippen LogP contribution in [0.4, 0.5) is 16.4 Å². The molecule has 2 atom stereocenters. The molecule has 0 aromatic carbocycles. The lowest BCUT2D eigenvalue weighted by Gasteiger charge is -2.18. The molecule has 3 aliphatic rings. The Morgan fingerprint density at radius 3 is 2.76 bits per heavy atom. The van der Waals surface area contributed by atoms with E-state index in [9.17, 15) is 9.59 Å². The number of amides is 2. The predicted molar refractivity (Wildman–Crippen MR) is 133 cm³/mol. The number of hydrogen-bond donors (Lipinski definition) is 2. The molecule has 0 bridgehead atoms. The highest BCUT2D eigenvalue weighted by Crippen LogP contribution is 2.39. The lowest BCUT2D eigenvalue weighted by molar-refractivity contribution is -0.118. The van der Waals surface area contributed by atoms with Gasteiger partial charge in [0.05, 0.1) is 12.7 Å². The highest BCUT2D eigenvalue weighted by molar-refractivity contribution is 5.94. The van der Waals surface area contributed by atoms with Gasteiger partial charge in [0.25, 0.3) is 11.8 Å². The summed E-state index contributed by atoms with van der Waals surface area (Å²) in [6, 6.07) is 0. The van der Waals surface area contributed by atoms with E-state index in [2.05, 4.69) is 60.4 Å². The second kappa shape index (κ2) is 10.0. The fraction of sp³-hybridized carbons (Fsp3) is 0.583. The third-order valence-electron chi connectivity index (χ3n) is 6.61. The van der Waals surface area contributed by atoms with Crippen LogP contribution in [0, 0.1) is 5.92 Å². The molecule has 1 saturated carbocycles. The van der Waals surface area contributed by atoms with Gasteiger partial charge in [0.2, 0.25) is 0 Å². The Hall–Kier alpha value is -3.14. The molecule has 10 nitrogen and oxygen atoms in total. The first-order chi connectivity index (χ1) is 16.2. The first kappa shape index (κ1) is 24.0. The summed E-state index contributed by atoms with van der Waals surface area (Å²) in [5.41, 5.74) is 5.71. The van der Waals surface area contributed by atoms with Crippen LogP contribution in [0.1, 0.15) is 42.9 Å². The molecule has 1 aliphatic carbocycles. The zero-order valence-electron chi connectivity index (χ0n) is 20.6. The van der Waals surface area contributed by atoms with Gasteiger partial charge >= 0.3 is 6.09 Å². The highest BCUT2D eigenvalue weighted by Gasteiger charge is 2.34. The molecule has 10 heteroatoms. The van der Waals surface area contributed by atoms with Gasteiger partial charge in [-0.05, 0) is 70.2 Å². The van der Waals surface area contributed by atoms with Crippen molar-refractivity contribution in [3.63, 3.8) is 0 Å². The van der Waals surface area contributed by atoms with Gasteiger partial charge in [0.15, 0.2) is 18.2 Å². The van der Waals surface area contributed by atoms with Gasteiger partial charge in [0, 0.05) is 22.6 Å². The quantitative estimate of drug-likeness (QED) is 0.580. The molecule has 1 saturated heterocycles. The van der Waals surface area contributed by atoms with Crippen LogP contribution in [0.15, 0.2) is 28.6 Å². The summed E-state index contributed by atoms with van der Waals surface area (Å²) < 4.78 is 10.8. The largest absolute Gasteiger partial charge is 0.465 e. The Kier molecular flexibility index (Phi) is 7.06. The third kappa shape index (κ3) is 5.16. The monoisotopic (exact) mass is 474 g/mol. The fourth-order valence-corrected chi connectivity index (χ4v) is 4.60. The van der Waals surface area contributed by atoms with Crippen LogP contribution in [-0.4, -0.2) is 73.3 Å². The number of carbonyl (C=O) groups is 2. The molecule has 0 spiro atoms. The number of nitrogens with zero attached hydrogens (tertiary/aromatic N) is 4. The molecule has 1 aromatic heterocycles. The normalized spacial score (nSPS) is 23.3. The summed E-state index contributed by atoms with van der Waals surface area (Å²) in [5.74, 6) is 1.07. The smallest absolute Gasteiger partial charge is 0.415 e. The Morgan fingerprint density at radius 1 is 1.26 bits per heavy atom. The first-order valence-corrected chi connectivity index (χ1v) is 11.7. The number of cyclic esters (lactones) is 1. The van der Waals surface area contributed by atoms with Gasteiger partial charge < -0.3 is 25.0 Å². The van der Waals surface area contributed by atoms with E-state index in [-0.39, 0.29) is 33.2 Å². The Bertz CT molecular complexity index is 1040. The zero-order chi connectivity index (χ0) is 24.4. The molecule has 34 heavy (non-hydrogen) atoms. The second-order valence-corrected chi connectivity index (χ2v) is 9.54. The van der Waals surface area contributed by atoms with Crippen LogP contribution in [0.2, 0.25) is 0 Å². The van der Waals surface area contributed by atoms with Gasteiger partial charge in [-0.2, -0.15) is 0 Å². The molecule has 2 N–H and O–H groups in total. The molecular formula is C24H38N6O4. The van der Waals surface area contributed by atoms with Crippen LogP contribution < -0.4 is 20.3 Å². The van der Waals surface area contributed by atoms with E-state index in [1.54, 1.807) is 0 Å². The Labute approximate surface area is 203 Å². The second-order valence-electron chi connectivity index (χ2n) is 9.54. The van der Waals surface area contributed by atoms with Crippen LogP contribution >= 0.6 is 0 Å². The predicted octanol–water partition coefficient (Wildman–Crippen LogP) is 3.19. The lowest BCUT2D eigenvalue weighted by atomic mass is 10.0. The summed E-state index contributed by atoms with van der Waals surface area (Å²) in [4.78, 5) is 36.0. The van der Waals surface area contributed by atoms with E-state index in [4.69, 9.17) is 9.47 Å². The molecule has 188 valence electrons. The van der Waals surface area contributed by atoms with Gasteiger partial charge in [0.1, 0.15) is 6.10 Å². The van der Waals surface area contributed by atoms with Crippen molar-refractivity contribution in [3.05, 3.63) is 28.6 Å². The molecule has 0 radical (unpaired) electrons. The molecule has 2 unspecified atom stereocenters. The van der Waals surface area contributed by atoms with Crippen molar-refractivity contribution >= 4 is 23.6 Å². The minimum Gasteiger partial charge on any atom is -0.465 e. The number of rotatable bonds is 7. The molecular weight excluding hydrogens is 436 g/mol. The molecule has 4 rings (SSSR count). The Morgan fingerprint density at radius 2 is 2.03 bits per heavy atom. The van der Waals surface area contributed by atoms with Crippen molar-refractivity contribution in [3.8, 4) is 5.88 Å². The summed E-state index contributed by atoms with van der Waals surface area (Å²) >= 11 is 0. The van der Waals surface area contributed by atoms with E-state index in [0.29, 0.717) is 24.7 Å². The third-order valence-corrected chi connectivity index (χ3v) is 6.61. The molecule has 2 amide bonds. The van der Waals surface area contributed by atoms with E-state index in [1.807, 2.05) is 0 Å². The summed E-state index contributed by atoms with van der Waals surface area (Å²) in [6.07, 6.45) is 3.66. The van der Waals surface area contributed by atoms with Crippen LogP contribution in [0.3, 0.4) is 0 Å². The number of ether oxygens (including phenoxy) is 2. The maximum absolute atomic E-state index is 12.4. The topological polar surface area (TPSA) is 109 Å². The number of nitrogens with one attached hydrogen (secondary N) is 2. The van der Waals surface area contributed by atoms with Gasteiger partial charge in [-0.25, -0.2) is 14.8 Å². The van der Waals surface area contributed by atoms with Gasteiger partial charge in [-0.1, -0.05) is 5.57 Å². The van der Waals surface area contributed by atoms with Crippen LogP contribution in [0.25, 0.3) is 0 Å². The van der Waals surface area contributed by atoms with E-state index in [0.717, 1.165) is 25.9 Å². The van der Waals surface area contributed by atoms with Crippen molar-refractivity contribution < 1.29 is 21.9 Å². The minimum absolute atomic E-state index is 0. The van der Waals surface area contributed by atoms with Crippen molar-refractivity contribution in [2.75, 3.05) is 50.6 Å². The molecule has 3 heterocycles. The molecule has 2 aliphatic heterocycles. The van der Waals surface area contributed by atoms with Crippen LogP contribution in [-0.2, 0) is 9.53 Å². The van der Waals surface area contributed by atoms with Gasteiger partial charge in [-0.3, -0.25) is 9.69 Å². The maximum atomic E-state index is 12.4. The minimum atomic E-state index is -0.458. The van der Waals surface area contributed by atoms with E-state index in [1.165, 1.54) is 33.5 Å². The first-order valence-electron chi connectivity index (χ1n) is 11.7. The SMILES string of the molecule is CC(C)=C1CC(CNCCC2CN(c3cnc4c(n3)NC(=O)CO4)C(=O)O2)C/C1=C(\C)N(C)C.[HH].[HH]. The summed E-state index contributed by atoms with van der Waals surface area (Å²) in [6.45, 7) is 8.58. The van der Waals surface area contributed by atoms with E-state index < -0.39 is 6.09 Å². The lowest BCUT2D eigenvalue weighted by Crippen LogP contribution is -2.30. The van der Waals surface area contributed by atoms with Crippen molar-refractivity contribution in [2.24, 2.45) is 5.92 Å². The molecule has 2 fully saturated rings. The highest BCUT2D eigenvalue weighted by atomic mass is 16.6. The van der Waals surface area contributed by atoms with E-state index >= 15 is 0 Å². The summed E-state index contributed by atoms with van der Waals surface area (Å²) in [5, 5.41) is 6.17. The average molecular weight is 475 g/mol. The van der Waals surface area contributed by atoms with Crippen molar-refractivity contribution in [1.82, 2.24) is 20.2 Å². The number of allylic oxidation sites excluding steroid dienone is 4. The summed E-state index contributed by atoms with van der Waals surface area (Å²) in [7, 11) is 4.20. The van der Waals surface area contributed by atoms with Crippen LogP contribution in [0.5, 0.6) is 5.88 Å². The van der Waals surface area contributed by atoms with Crippen molar-refractivity contribution in [2.45, 2.75) is 46.1 Å². The zero-order valence-corrected chi connectivity index (χ0v) is 20.6. The standard InChI is InChI=1S/C24H34N6O4.2H2/c1-14(2)18-8-16(9-19(18)15(3)29(4)5)10-25-7-6-17-12-30(24(32)34-17)20-11-26-23-22(27-20)28-21(31)13-33-23;;/h11,16-17,25H,6-10,12-13H2,1-5H3,(H,27,28,31);2*1H/b19-15-;;.